The van der Waals surface area contributed by atoms with Crippen molar-refractivity contribution in [2.24, 2.45) is 19.1 Å². The van der Waals surface area contributed by atoms with Gasteiger partial charge in [0, 0.05) is 20.2 Å². The molecule has 0 radical (unpaired) electrons. The molecule has 0 unspecified atom stereocenters. The zero-order valence-corrected chi connectivity index (χ0v) is 10.9. The fourth-order valence-corrected chi connectivity index (χ4v) is 2.20. The van der Waals surface area contributed by atoms with Crippen molar-refractivity contribution in [1.29, 1.82) is 0 Å². The lowest BCUT2D eigenvalue weighted by atomic mass is 10.1. The van der Waals surface area contributed by atoms with E-state index in [-0.39, 0.29) is 17.1 Å². The second-order valence-corrected chi connectivity index (χ2v) is 4.48. The summed E-state index contributed by atoms with van der Waals surface area (Å²) in [6.07, 6.45) is 3.32. The summed E-state index contributed by atoms with van der Waals surface area (Å²) in [5, 5.41) is 0. The molecule has 0 aliphatic carbocycles. The van der Waals surface area contributed by atoms with Gasteiger partial charge in [-0.05, 0) is 6.07 Å². The van der Waals surface area contributed by atoms with Crippen LogP contribution in [-0.2, 0) is 14.1 Å². The van der Waals surface area contributed by atoms with Gasteiger partial charge in [0.25, 0.3) is 5.56 Å². The van der Waals surface area contributed by atoms with Crippen molar-refractivity contribution in [2.75, 3.05) is 0 Å². The van der Waals surface area contributed by atoms with Gasteiger partial charge in [0.1, 0.15) is 11.4 Å². The number of aromatic amines is 1. The quantitative estimate of drug-likeness (QED) is 0.681. The van der Waals surface area contributed by atoms with Gasteiger partial charge >= 0.3 is 5.69 Å². The number of rotatable bonds is 1. The number of hydrogen-bond donors (Lipinski definition) is 0. The van der Waals surface area contributed by atoms with Crippen LogP contribution in [0.2, 0.25) is 0 Å². The minimum absolute atomic E-state index is 0.0125. The number of Topliss-reactive ketones (excluding diaryl/α,β-unsaturated/α-hetero) is 1. The number of carbonyl (C=O) groups excluding carboxylic acids is 1. The van der Waals surface area contributed by atoms with Crippen molar-refractivity contribution in [1.82, 2.24) is 9.13 Å². The summed E-state index contributed by atoms with van der Waals surface area (Å²) in [5.41, 5.74) is -0.321. The number of nitrogens with one attached hydrogen (secondary N) is 1. The van der Waals surface area contributed by atoms with Crippen molar-refractivity contribution in [3.8, 4) is 0 Å². The van der Waals surface area contributed by atoms with Gasteiger partial charge in [0.15, 0.2) is 18.1 Å². The highest BCUT2D eigenvalue weighted by molar-refractivity contribution is 6.54. The van der Waals surface area contributed by atoms with E-state index in [1.165, 1.54) is 14.1 Å². The number of carbonyl (C=O) groups is 1. The van der Waals surface area contributed by atoms with Crippen LogP contribution < -0.4 is 16.2 Å². The molecule has 0 saturated carbocycles. The molecule has 0 saturated heterocycles. The first-order valence-corrected chi connectivity index (χ1v) is 5.92. The first kappa shape index (κ1) is 12.2. The molecule has 0 spiro atoms. The minimum Gasteiger partial charge on any atom is -0.291 e. The van der Waals surface area contributed by atoms with Crippen molar-refractivity contribution in [2.45, 2.75) is 0 Å². The zero-order chi connectivity index (χ0) is 14.4. The standard InChI is InChI=1S/C13H10N4O3/c1-16-10-9(12(19)17(2)13(16)20)15-8(11(10)18)7-4-3-5-14-6-7/h3-6H,1-2H3/p+1. The fourth-order valence-electron chi connectivity index (χ4n) is 2.20. The molecular weight excluding hydrogens is 260 g/mol. The van der Waals surface area contributed by atoms with Crippen LogP contribution in [0.1, 0.15) is 16.1 Å². The summed E-state index contributed by atoms with van der Waals surface area (Å²) in [5.74, 6) is -0.420. The van der Waals surface area contributed by atoms with Gasteiger partial charge in [-0.2, -0.15) is 0 Å². The lowest BCUT2D eigenvalue weighted by Gasteiger charge is -2.05. The largest absolute Gasteiger partial charge is 0.331 e. The normalized spacial score (nSPS) is 13.3. The van der Waals surface area contributed by atoms with E-state index in [2.05, 4.69) is 9.98 Å². The number of aromatic nitrogens is 3. The second kappa shape index (κ2) is 4.09. The van der Waals surface area contributed by atoms with Crippen LogP contribution in [0.15, 0.2) is 39.1 Å². The van der Waals surface area contributed by atoms with Gasteiger partial charge in [0.05, 0.1) is 5.56 Å². The number of aliphatic imine (C=N–C) groups is 1. The van der Waals surface area contributed by atoms with E-state index < -0.39 is 17.0 Å². The first-order valence-electron chi connectivity index (χ1n) is 5.92. The van der Waals surface area contributed by atoms with E-state index in [4.69, 9.17) is 0 Å². The third-order valence-corrected chi connectivity index (χ3v) is 3.28. The zero-order valence-electron chi connectivity index (χ0n) is 10.9. The molecule has 1 aliphatic rings. The number of pyridine rings is 1. The molecule has 7 nitrogen and oxygen atoms in total. The van der Waals surface area contributed by atoms with Crippen LogP contribution in [0.4, 0.5) is 5.69 Å². The number of ketones is 1. The van der Waals surface area contributed by atoms with Gasteiger partial charge in [0.2, 0.25) is 5.78 Å². The summed E-state index contributed by atoms with van der Waals surface area (Å²) in [4.78, 5) is 43.2. The van der Waals surface area contributed by atoms with E-state index in [0.717, 1.165) is 9.13 Å². The highest BCUT2D eigenvalue weighted by Crippen LogP contribution is 2.23. The van der Waals surface area contributed by atoms with Crippen LogP contribution in [0.3, 0.4) is 0 Å². The monoisotopic (exact) mass is 271 g/mol. The molecular formula is C13H11N4O3+. The van der Waals surface area contributed by atoms with Crippen LogP contribution >= 0.6 is 0 Å². The number of fused-ring (bicyclic) bond motifs is 1. The smallest absolute Gasteiger partial charge is 0.291 e. The van der Waals surface area contributed by atoms with Crippen molar-refractivity contribution in [3.63, 3.8) is 0 Å². The lowest BCUT2D eigenvalue weighted by Crippen LogP contribution is -2.38. The minimum atomic E-state index is -0.564. The lowest BCUT2D eigenvalue weighted by molar-refractivity contribution is -0.378. The number of H-pyrrole nitrogens is 1. The Balaban J connectivity index is 2.31. The van der Waals surface area contributed by atoms with Crippen LogP contribution in [0.5, 0.6) is 0 Å². The predicted octanol–water partition coefficient (Wildman–Crippen LogP) is -0.785. The Morgan fingerprint density at radius 3 is 2.55 bits per heavy atom. The number of nitrogens with zero attached hydrogens (tertiary/aromatic N) is 3. The van der Waals surface area contributed by atoms with Gasteiger partial charge in [-0.1, -0.05) is 0 Å². The highest BCUT2D eigenvalue weighted by Gasteiger charge is 2.32. The Kier molecular flexibility index (Phi) is 2.50. The molecule has 1 N–H and O–H groups in total. The molecule has 100 valence electrons. The molecule has 0 atom stereocenters. The SMILES string of the molecule is Cn1c2c(c(=O)n(C)c1=O)N=C(c1ccc[nH+]c1)C2=O. The average molecular weight is 271 g/mol. The molecule has 0 bridgehead atoms. The maximum Gasteiger partial charge on any atom is 0.331 e. The van der Waals surface area contributed by atoms with E-state index in [9.17, 15) is 14.4 Å². The second-order valence-electron chi connectivity index (χ2n) is 4.48. The number of hydrogen-bond acceptors (Lipinski definition) is 4. The molecule has 3 rings (SSSR count). The predicted molar refractivity (Wildman–Crippen MR) is 70.4 cm³/mol. The van der Waals surface area contributed by atoms with Crippen LogP contribution in [-0.4, -0.2) is 20.6 Å². The van der Waals surface area contributed by atoms with Crippen molar-refractivity contribution < 1.29 is 9.78 Å². The van der Waals surface area contributed by atoms with Crippen molar-refractivity contribution >= 4 is 17.2 Å². The molecule has 3 heterocycles. The fraction of sp³-hybridized carbons (Fsp3) is 0.154. The van der Waals surface area contributed by atoms with Gasteiger partial charge in [-0.3, -0.25) is 18.7 Å². The van der Waals surface area contributed by atoms with E-state index in [1.54, 1.807) is 24.5 Å². The topological polar surface area (TPSA) is 87.6 Å². The molecule has 1 aliphatic heterocycles. The van der Waals surface area contributed by atoms with E-state index in [1.807, 2.05) is 0 Å². The molecule has 20 heavy (non-hydrogen) atoms. The molecule has 7 heteroatoms. The summed E-state index contributed by atoms with van der Waals surface area (Å²) in [6.45, 7) is 0. The Morgan fingerprint density at radius 2 is 1.90 bits per heavy atom. The van der Waals surface area contributed by atoms with Crippen LogP contribution in [0, 0.1) is 0 Å². The van der Waals surface area contributed by atoms with Gasteiger partial charge in [-0.25, -0.2) is 14.8 Å². The Labute approximate surface area is 112 Å². The summed E-state index contributed by atoms with van der Waals surface area (Å²) in [7, 11) is 2.81. The third-order valence-electron chi connectivity index (χ3n) is 3.28. The van der Waals surface area contributed by atoms with E-state index in [0.29, 0.717) is 5.56 Å². The van der Waals surface area contributed by atoms with Crippen LogP contribution in [0.25, 0.3) is 0 Å². The highest BCUT2D eigenvalue weighted by atomic mass is 16.2. The van der Waals surface area contributed by atoms with E-state index >= 15 is 0 Å². The van der Waals surface area contributed by atoms with Gasteiger partial charge in [-0.15, -0.1) is 0 Å². The summed E-state index contributed by atoms with van der Waals surface area (Å²) >= 11 is 0. The molecule has 0 aromatic carbocycles. The maximum absolute atomic E-state index is 12.4. The Hall–Kier alpha value is -2.83. The van der Waals surface area contributed by atoms with Gasteiger partial charge < -0.3 is 0 Å². The Morgan fingerprint density at radius 1 is 1.15 bits per heavy atom. The first-order chi connectivity index (χ1) is 9.52. The molecule has 2 aromatic heterocycles. The summed E-state index contributed by atoms with van der Waals surface area (Å²) in [6, 6.07) is 3.44. The molecule has 0 amide bonds. The maximum atomic E-state index is 12.4. The average Bonchev–Trinajstić information content (AvgIpc) is 2.81. The summed E-state index contributed by atoms with van der Waals surface area (Å²) < 4.78 is 2.10. The third kappa shape index (κ3) is 1.49. The molecule has 0 fully saturated rings. The molecule has 2 aromatic rings. The van der Waals surface area contributed by atoms with Crippen molar-refractivity contribution in [3.05, 3.63) is 56.6 Å². The Bertz CT molecular complexity index is 875.